The van der Waals surface area contributed by atoms with Crippen molar-refractivity contribution >= 4 is 5.69 Å². The summed E-state index contributed by atoms with van der Waals surface area (Å²) < 4.78 is 13.6. The lowest BCUT2D eigenvalue weighted by Gasteiger charge is -2.31. The number of anilines is 1. The molecule has 0 aliphatic heterocycles. The third kappa shape index (κ3) is 2.53. The Bertz CT molecular complexity index is 350. The van der Waals surface area contributed by atoms with Crippen LogP contribution in [-0.2, 0) is 6.54 Å². The number of rotatable bonds is 4. The monoisotopic (exact) mass is 224 g/mol. The Morgan fingerprint density at radius 1 is 1.31 bits per heavy atom. The normalized spacial score (nSPS) is 12.9. The van der Waals surface area contributed by atoms with Crippen LogP contribution in [-0.4, -0.2) is 13.1 Å². The fourth-order valence-electron chi connectivity index (χ4n) is 1.75. The topological polar surface area (TPSA) is 29.3 Å². The Morgan fingerprint density at radius 2 is 1.94 bits per heavy atom. The van der Waals surface area contributed by atoms with Crippen molar-refractivity contribution in [2.24, 2.45) is 11.7 Å². The Hall–Kier alpha value is -1.09. The first-order valence-electron chi connectivity index (χ1n) is 5.69. The second-order valence-electron chi connectivity index (χ2n) is 4.54. The molecule has 0 heterocycles. The maximum Gasteiger partial charge on any atom is 0.129 e. The van der Waals surface area contributed by atoms with Crippen molar-refractivity contribution in [1.82, 2.24) is 0 Å². The lowest BCUT2D eigenvalue weighted by atomic mass is 10.0. The van der Waals surface area contributed by atoms with Gasteiger partial charge in [-0.3, -0.25) is 0 Å². The van der Waals surface area contributed by atoms with Crippen LogP contribution in [0, 0.1) is 11.7 Å². The summed E-state index contributed by atoms with van der Waals surface area (Å²) >= 11 is 0. The van der Waals surface area contributed by atoms with Crippen molar-refractivity contribution in [3.63, 3.8) is 0 Å². The number of halogens is 1. The third-order valence-corrected chi connectivity index (χ3v) is 3.25. The first-order chi connectivity index (χ1) is 7.49. The summed E-state index contributed by atoms with van der Waals surface area (Å²) in [4.78, 5) is 2.09. The molecule has 0 bridgehead atoms. The second kappa shape index (κ2) is 5.30. The number of benzene rings is 1. The number of hydrogen-bond donors (Lipinski definition) is 1. The zero-order chi connectivity index (χ0) is 12.3. The number of hydrogen-bond acceptors (Lipinski definition) is 2. The van der Waals surface area contributed by atoms with E-state index in [2.05, 4.69) is 25.7 Å². The molecule has 1 atom stereocenters. The smallest absolute Gasteiger partial charge is 0.129 e. The van der Waals surface area contributed by atoms with Crippen LogP contribution in [0.1, 0.15) is 26.3 Å². The fourth-order valence-corrected chi connectivity index (χ4v) is 1.75. The minimum absolute atomic E-state index is 0.220. The molecular weight excluding hydrogens is 203 g/mol. The van der Waals surface area contributed by atoms with E-state index in [9.17, 15) is 4.39 Å². The number of nitrogens with two attached hydrogens (primary N) is 1. The van der Waals surface area contributed by atoms with Crippen LogP contribution >= 0.6 is 0 Å². The molecule has 0 aromatic heterocycles. The summed E-state index contributed by atoms with van der Waals surface area (Å²) in [6.45, 7) is 6.68. The van der Waals surface area contributed by atoms with E-state index in [1.807, 2.05) is 13.1 Å². The van der Waals surface area contributed by atoms with E-state index in [1.54, 1.807) is 6.07 Å². The van der Waals surface area contributed by atoms with Gasteiger partial charge in [0.25, 0.3) is 0 Å². The Labute approximate surface area is 97.3 Å². The van der Waals surface area contributed by atoms with Crippen molar-refractivity contribution in [3.05, 3.63) is 29.6 Å². The maximum atomic E-state index is 13.6. The Kier molecular flexibility index (Phi) is 4.30. The highest BCUT2D eigenvalue weighted by Crippen LogP contribution is 2.25. The van der Waals surface area contributed by atoms with Gasteiger partial charge in [-0.15, -0.1) is 0 Å². The largest absolute Gasteiger partial charge is 0.371 e. The predicted octanol–water partition coefficient (Wildman–Crippen LogP) is 2.77. The highest BCUT2D eigenvalue weighted by atomic mass is 19.1. The van der Waals surface area contributed by atoms with Gasteiger partial charge in [0.05, 0.1) is 0 Å². The minimum Gasteiger partial charge on any atom is -0.371 e. The van der Waals surface area contributed by atoms with Gasteiger partial charge in [0.1, 0.15) is 5.82 Å². The molecule has 0 spiro atoms. The lowest BCUT2D eigenvalue weighted by Crippen LogP contribution is -2.34. The number of nitrogens with zero attached hydrogens (tertiary/aromatic N) is 1. The lowest BCUT2D eigenvalue weighted by molar-refractivity contribution is 0.503. The molecule has 0 amide bonds. The van der Waals surface area contributed by atoms with Crippen LogP contribution in [0.5, 0.6) is 0 Å². The predicted molar refractivity (Wildman–Crippen MR) is 67.0 cm³/mol. The van der Waals surface area contributed by atoms with Crippen LogP contribution in [0.3, 0.4) is 0 Å². The van der Waals surface area contributed by atoms with Crippen LogP contribution in [0.2, 0.25) is 0 Å². The molecule has 2 N–H and O–H groups in total. The van der Waals surface area contributed by atoms with E-state index in [0.717, 1.165) is 5.69 Å². The molecule has 0 saturated carbocycles. The first-order valence-corrected chi connectivity index (χ1v) is 5.69. The van der Waals surface area contributed by atoms with Crippen molar-refractivity contribution < 1.29 is 4.39 Å². The summed E-state index contributed by atoms with van der Waals surface area (Å²) in [5.41, 5.74) is 7.09. The molecule has 0 fully saturated rings. The summed E-state index contributed by atoms with van der Waals surface area (Å²) in [6, 6.07) is 5.46. The van der Waals surface area contributed by atoms with E-state index in [0.29, 0.717) is 17.5 Å². The highest BCUT2D eigenvalue weighted by molar-refractivity contribution is 5.54. The Morgan fingerprint density at radius 3 is 2.44 bits per heavy atom. The molecule has 1 aromatic rings. The van der Waals surface area contributed by atoms with E-state index >= 15 is 0 Å². The zero-order valence-electron chi connectivity index (χ0n) is 10.5. The van der Waals surface area contributed by atoms with Gasteiger partial charge in [-0.1, -0.05) is 19.9 Å². The quantitative estimate of drug-likeness (QED) is 0.852. The molecule has 1 rings (SSSR count). The summed E-state index contributed by atoms with van der Waals surface area (Å²) in [5.74, 6) is 0.293. The standard InChI is InChI=1S/C13H21FN2/c1-9(2)10(3)16(4)13-7-5-6-12(14)11(13)8-15/h5-7,9-10H,8,15H2,1-4H3. The zero-order valence-corrected chi connectivity index (χ0v) is 10.5. The fraction of sp³-hybridized carbons (Fsp3) is 0.538. The summed E-state index contributed by atoms with van der Waals surface area (Å²) in [7, 11) is 1.98. The molecule has 0 radical (unpaired) electrons. The van der Waals surface area contributed by atoms with Gasteiger partial charge in [0.2, 0.25) is 0 Å². The van der Waals surface area contributed by atoms with E-state index in [4.69, 9.17) is 5.73 Å². The highest BCUT2D eigenvalue weighted by Gasteiger charge is 2.17. The van der Waals surface area contributed by atoms with Crippen molar-refractivity contribution in [1.29, 1.82) is 0 Å². The average molecular weight is 224 g/mol. The van der Waals surface area contributed by atoms with Crippen LogP contribution < -0.4 is 10.6 Å². The minimum atomic E-state index is -0.220. The van der Waals surface area contributed by atoms with Crippen LogP contribution in [0.25, 0.3) is 0 Å². The molecule has 16 heavy (non-hydrogen) atoms. The van der Waals surface area contributed by atoms with Crippen LogP contribution in [0.15, 0.2) is 18.2 Å². The molecule has 0 aliphatic carbocycles. The molecule has 1 aromatic carbocycles. The van der Waals surface area contributed by atoms with Crippen LogP contribution in [0.4, 0.5) is 10.1 Å². The molecule has 0 aliphatic rings. The van der Waals surface area contributed by atoms with Gasteiger partial charge >= 0.3 is 0 Å². The van der Waals surface area contributed by atoms with E-state index in [1.165, 1.54) is 6.07 Å². The summed E-state index contributed by atoms with van der Waals surface area (Å²) in [6.07, 6.45) is 0. The molecular formula is C13H21FN2. The Balaban J connectivity index is 3.08. The molecule has 1 unspecified atom stereocenters. The van der Waals surface area contributed by atoms with Gasteiger partial charge in [-0.25, -0.2) is 4.39 Å². The maximum absolute atomic E-state index is 13.6. The molecule has 2 nitrogen and oxygen atoms in total. The third-order valence-electron chi connectivity index (χ3n) is 3.25. The van der Waals surface area contributed by atoms with Crippen molar-refractivity contribution in [2.75, 3.05) is 11.9 Å². The molecule has 0 saturated heterocycles. The van der Waals surface area contributed by atoms with Crippen molar-refractivity contribution in [3.8, 4) is 0 Å². The average Bonchev–Trinajstić information content (AvgIpc) is 2.26. The van der Waals surface area contributed by atoms with Gasteiger partial charge in [0.15, 0.2) is 0 Å². The SMILES string of the molecule is CC(C)C(C)N(C)c1cccc(F)c1CN. The van der Waals surface area contributed by atoms with Gasteiger partial charge < -0.3 is 10.6 Å². The van der Waals surface area contributed by atoms with E-state index in [-0.39, 0.29) is 12.4 Å². The van der Waals surface area contributed by atoms with Crippen molar-refractivity contribution in [2.45, 2.75) is 33.4 Å². The van der Waals surface area contributed by atoms with Gasteiger partial charge in [-0.05, 0) is 25.0 Å². The second-order valence-corrected chi connectivity index (χ2v) is 4.54. The van der Waals surface area contributed by atoms with Gasteiger partial charge in [0, 0.05) is 30.9 Å². The van der Waals surface area contributed by atoms with Gasteiger partial charge in [-0.2, -0.15) is 0 Å². The van der Waals surface area contributed by atoms with E-state index < -0.39 is 0 Å². The molecule has 90 valence electrons. The first kappa shape index (κ1) is 13.0. The summed E-state index contributed by atoms with van der Waals surface area (Å²) in [5, 5.41) is 0. The molecule has 3 heteroatoms.